The second-order valence-corrected chi connectivity index (χ2v) is 7.77. The van der Waals surface area contributed by atoms with E-state index in [1.807, 2.05) is 48.5 Å². The molecule has 5 nitrogen and oxygen atoms in total. The van der Waals surface area contributed by atoms with Gasteiger partial charge in [-0.2, -0.15) is 13.2 Å². The summed E-state index contributed by atoms with van der Waals surface area (Å²) in [6.07, 6.45) is -5.09. The molecule has 0 radical (unpaired) electrons. The van der Waals surface area contributed by atoms with E-state index in [2.05, 4.69) is 10.6 Å². The molecule has 1 aliphatic rings. The second-order valence-electron chi connectivity index (χ2n) is 7.77. The van der Waals surface area contributed by atoms with Gasteiger partial charge in [0, 0.05) is 31.5 Å². The molecule has 1 heterocycles. The number of carbonyl (C=O) groups excluding carboxylic acids is 2. The Hall–Kier alpha value is -2.87. The Morgan fingerprint density at radius 2 is 1.74 bits per heavy atom. The highest BCUT2D eigenvalue weighted by Gasteiger charge is 2.33. The summed E-state index contributed by atoms with van der Waals surface area (Å²) in [6, 6.07) is 14.2. The van der Waals surface area contributed by atoms with Crippen molar-refractivity contribution in [1.82, 2.24) is 10.6 Å². The van der Waals surface area contributed by atoms with Crippen LogP contribution in [0.3, 0.4) is 0 Å². The number of hydrogen-bond acceptors (Lipinski definition) is 3. The zero-order valence-electron chi connectivity index (χ0n) is 17.5. The third-order valence-electron chi connectivity index (χ3n) is 5.40. The molecule has 3 rings (SSSR count). The molecule has 31 heavy (non-hydrogen) atoms. The van der Waals surface area contributed by atoms with Gasteiger partial charge in [0.1, 0.15) is 6.04 Å². The number of likely N-dealkylation sites (N-methyl/N-ethyl adjacent to an activating group) is 1. The number of benzene rings is 2. The summed E-state index contributed by atoms with van der Waals surface area (Å²) in [5, 5.41) is 5.73. The van der Waals surface area contributed by atoms with Crippen molar-refractivity contribution in [2.75, 3.05) is 25.0 Å². The average Bonchev–Trinajstić information content (AvgIpc) is 2.82. The van der Waals surface area contributed by atoms with Crippen molar-refractivity contribution in [2.24, 2.45) is 5.92 Å². The lowest BCUT2D eigenvalue weighted by atomic mass is 9.95. The van der Waals surface area contributed by atoms with E-state index in [0.717, 1.165) is 16.8 Å². The Morgan fingerprint density at radius 1 is 1.10 bits per heavy atom. The summed E-state index contributed by atoms with van der Waals surface area (Å²) < 4.78 is 36.7. The normalized spacial score (nSPS) is 16.9. The molecule has 0 aliphatic carbocycles. The maximum atomic E-state index is 13.2. The molecule has 1 aliphatic heterocycles. The average molecular weight is 433 g/mol. The fourth-order valence-corrected chi connectivity index (χ4v) is 3.68. The summed E-state index contributed by atoms with van der Waals surface area (Å²) in [4.78, 5) is 27.5. The molecule has 0 fully saturated rings. The molecule has 0 spiro atoms. The van der Waals surface area contributed by atoms with E-state index < -0.39 is 24.6 Å². The number of amides is 2. The van der Waals surface area contributed by atoms with Gasteiger partial charge in [-0.3, -0.25) is 9.59 Å². The Morgan fingerprint density at radius 3 is 2.45 bits per heavy atom. The lowest BCUT2D eigenvalue weighted by Gasteiger charge is -2.24. The molecule has 2 amide bonds. The van der Waals surface area contributed by atoms with Gasteiger partial charge in [-0.25, -0.2) is 0 Å². The zero-order valence-corrected chi connectivity index (χ0v) is 17.5. The highest BCUT2D eigenvalue weighted by Crippen LogP contribution is 2.39. The van der Waals surface area contributed by atoms with Gasteiger partial charge in [0.25, 0.3) is 5.91 Å². The van der Waals surface area contributed by atoms with E-state index >= 15 is 0 Å². The second kappa shape index (κ2) is 9.51. The lowest BCUT2D eigenvalue weighted by Crippen LogP contribution is -2.44. The smallest absolute Gasteiger partial charge is 0.340 e. The van der Waals surface area contributed by atoms with Gasteiger partial charge in [-0.15, -0.1) is 0 Å². The highest BCUT2D eigenvalue weighted by molar-refractivity contribution is 6.06. The van der Waals surface area contributed by atoms with E-state index in [9.17, 15) is 22.8 Å². The molecule has 2 atom stereocenters. The summed E-state index contributed by atoms with van der Waals surface area (Å²) in [7, 11) is 1.68. The Bertz CT molecular complexity index is 946. The largest absolute Gasteiger partial charge is 0.389 e. The van der Waals surface area contributed by atoms with Crippen LogP contribution >= 0.6 is 0 Å². The van der Waals surface area contributed by atoms with Gasteiger partial charge in [0.2, 0.25) is 5.91 Å². The molecular formula is C23H26F3N3O2. The van der Waals surface area contributed by atoms with Crippen LogP contribution in [-0.4, -0.2) is 38.1 Å². The molecule has 0 saturated carbocycles. The van der Waals surface area contributed by atoms with Crippen molar-refractivity contribution in [2.45, 2.75) is 32.0 Å². The van der Waals surface area contributed by atoms with E-state index in [-0.39, 0.29) is 31.3 Å². The standard InChI is InChI=1S/C23H26F3N3O2/c1-15(14-27-13-7-12-23(24,25)26)21(30)28-20-18-10-4-3-8-16(18)17-9-5-6-11-19(17)29(2)22(20)31/h3-6,8-11,15,20,27H,7,12-14H2,1-2H3,(H,28,30). The minimum Gasteiger partial charge on any atom is -0.340 e. The predicted octanol–water partition coefficient (Wildman–Crippen LogP) is 4.06. The molecule has 0 saturated heterocycles. The topological polar surface area (TPSA) is 61.4 Å². The molecule has 0 aromatic heterocycles. The van der Waals surface area contributed by atoms with Crippen LogP contribution in [-0.2, 0) is 9.59 Å². The molecule has 8 heteroatoms. The quantitative estimate of drug-likeness (QED) is 0.648. The van der Waals surface area contributed by atoms with Gasteiger partial charge in [0.05, 0.1) is 5.69 Å². The number of rotatable bonds is 7. The fraction of sp³-hybridized carbons (Fsp3) is 0.391. The first-order chi connectivity index (χ1) is 14.7. The summed E-state index contributed by atoms with van der Waals surface area (Å²) >= 11 is 0. The number of fused-ring (bicyclic) bond motifs is 3. The van der Waals surface area contributed by atoms with Crippen molar-refractivity contribution in [3.05, 3.63) is 54.1 Å². The molecular weight excluding hydrogens is 407 g/mol. The Labute approximate surface area is 179 Å². The predicted molar refractivity (Wildman–Crippen MR) is 113 cm³/mol. The highest BCUT2D eigenvalue weighted by atomic mass is 19.4. The lowest BCUT2D eigenvalue weighted by molar-refractivity contribution is -0.135. The van der Waals surface area contributed by atoms with Crippen molar-refractivity contribution in [3.63, 3.8) is 0 Å². The van der Waals surface area contributed by atoms with Crippen LogP contribution in [0.15, 0.2) is 48.5 Å². The van der Waals surface area contributed by atoms with Crippen molar-refractivity contribution in [1.29, 1.82) is 0 Å². The third kappa shape index (κ3) is 5.44. The maximum absolute atomic E-state index is 13.2. The number of para-hydroxylation sites is 1. The number of alkyl halides is 3. The Balaban J connectivity index is 1.71. The van der Waals surface area contributed by atoms with Crippen LogP contribution in [0.2, 0.25) is 0 Å². The molecule has 0 bridgehead atoms. The molecule has 2 aromatic carbocycles. The fourth-order valence-electron chi connectivity index (χ4n) is 3.68. The minimum absolute atomic E-state index is 0.0463. The first-order valence-corrected chi connectivity index (χ1v) is 10.2. The van der Waals surface area contributed by atoms with Crippen LogP contribution in [0.1, 0.15) is 31.4 Å². The SMILES string of the molecule is CC(CNCCCC(F)(F)F)C(=O)NC1C(=O)N(C)c2ccccc2-c2ccccc21. The van der Waals surface area contributed by atoms with E-state index in [1.165, 1.54) is 0 Å². The number of halogens is 3. The molecule has 2 N–H and O–H groups in total. The van der Waals surface area contributed by atoms with Crippen LogP contribution in [0, 0.1) is 5.92 Å². The molecule has 2 aromatic rings. The molecule has 2 unspecified atom stereocenters. The van der Waals surface area contributed by atoms with Crippen LogP contribution in [0.4, 0.5) is 18.9 Å². The Kier molecular flexibility index (Phi) is 7.00. The number of nitrogens with zero attached hydrogens (tertiary/aromatic N) is 1. The van der Waals surface area contributed by atoms with Crippen LogP contribution in [0.25, 0.3) is 11.1 Å². The van der Waals surface area contributed by atoms with Gasteiger partial charge >= 0.3 is 6.18 Å². The zero-order chi connectivity index (χ0) is 22.6. The number of hydrogen-bond donors (Lipinski definition) is 2. The third-order valence-corrected chi connectivity index (χ3v) is 5.40. The van der Waals surface area contributed by atoms with E-state index in [0.29, 0.717) is 5.56 Å². The van der Waals surface area contributed by atoms with Gasteiger partial charge in [0.15, 0.2) is 0 Å². The maximum Gasteiger partial charge on any atom is 0.389 e. The summed E-state index contributed by atoms with van der Waals surface area (Å²) in [6.45, 7) is 2.07. The minimum atomic E-state index is -4.18. The molecule has 166 valence electrons. The van der Waals surface area contributed by atoms with Crippen molar-refractivity contribution < 1.29 is 22.8 Å². The monoisotopic (exact) mass is 433 g/mol. The first-order valence-electron chi connectivity index (χ1n) is 10.2. The van der Waals surface area contributed by atoms with Gasteiger partial charge < -0.3 is 15.5 Å². The first kappa shape index (κ1) is 22.8. The number of nitrogens with one attached hydrogen (secondary N) is 2. The summed E-state index contributed by atoms with van der Waals surface area (Å²) in [5.74, 6) is -1.10. The van der Waals surface area contributed by atoms with Crippen molar-refractivity contribution >= 4 is 17.5 Å². The van der Waals surface area contributed by atoms with Gasteiger partial charge in [-0.05, 0) is 30.2 Å². The van der Waals surface area contributed by atoms with Gasteiger partial charge in [-0.1, -0.05) is 49.4 Å². The summed E-state index contributed by atoms with van der Waals surface area (Å²) in [5.41, 5.74) is 3.25. The van der Waals surface area contributed by atoms with E-state index in [1.54, 1.807) is 18.9 Å². The van der Waals surface area contributed by atoms with E-state index in [4.69, 9.17) is 0 Å². The van der Waals surface area contributed by atoms with Crippen LogP contribution in [0.5, 0.6) is 0 Å². The van der Waals surface area contributed by atoms with Crippen molar-refractivity contribution in [3.8, 4) is 11.1 Å². The number of anilines is 1. The number of carbonyl (C=O) groups is 2. The van der Waals surface area contributed by atoms with Crippen LogP contribution < -0.4 is 15.5 Å².